The Morgan fingerprint density at radius 2 is 1.84 bits per heavy atom. The second-order valence-corrected chi connectivity index (χ2v) is 9.08. The van der Waals surface area contributed by atoms with Crippen LogP contribution in [0, 0.1) is 0 Å². The smallest absolute Gasteiger partial charge is 0.240 e. The number of ether oxygens (including phenoxy) is 1. The Labute approximate surface area is 204 Å². The second kappa shape index (κ2) is 15.8. The zero-order chi connectivity index (χ0) is 22.5. The van der Waals surface area contributed by atoms with E-state index in [1.165, 1.54) is 7.11 Å². The number of nitrogens with one attached hydrogen (secondary N) is 3. The quantitative estimate of drug-likeness (QED) is 0.119. The number of benzene rings is 1. The van der Waals surface area contributed by atoms with Crippen molar-refractivity contribution in [2.75, 3.05) is 33.4 Å². The summed E-state index contributed by atoms with van der Waals surface area (Å²) in [5.74, 6) is 0.592. The van der Waals surface area contributed by atoms with Crippen molar-refractivity contribution in [2.45, 2.75) is 63.5 Å². The van der Waals surface area contributed by atoms with E-state index in [0.717, 1.165) is 31.2 Å². The van der Waals surface area contributed by atoms with Crippen molar-refractivity contribution >= 4 is 40.0 Å². The van der Waals surface area contributed by atoms with Gasteiger partial charge in [0.2, 0.25) is 10.0 Å². The van der Waals surface area contributed by atoms with Gasteiger partial charge in [-0.25, -0.2) is 18.1 Å². The molecule has 1 aromatic carbocycles. The maximum absolute atomic E-state index is 12.4. The lowest BCUT2D eigenvalue weighted by Crippen LogP contribution is -2.47. The molecule has 0 saturated heterocycles. The molecule has 0 radical (unpaired) electrons. The molecule has 0 heterocycles. The predicted octanol–water partition coefficient (Wildman–Crippen LogP) is 2.62. The highest BCUT2D eigenvalue weighted by Gasteiger charge is 2.25. The maximum Gasteiger partial charge on any atom is 0.240 e. The molecule has 0 aliphatic carbocycles. The van der Waals surface area contributed by atoms with Crippen LogP contribution in [0.2, 0.25) is 0 Å². The van der Waals surface area contributed by atoms with Crippen molar-refractivity contribution in [1.29, 1.82) is 0 Å². The minimum atomic E-state index is -3.59. The minimum absolute atomic E-state index is 0. The van der Waals surface area contributed by atoms with E-state index in [2.05, 4.69) is 34.2 Å². The van der Waals surface area contributed by atoms with Crippen molar-refractivity contribution in [3.05, 3.63) is 29.8 Å². The van der Waals surface area contributed by atoms with E-state index < -0.39 is 15.6 Å². The highest BCUT2D eigenvalue weighted by atomic mass is 127. The van der Waals surface area contributed by atoms with Gasteiger partial charge in [0.25, 0.3) is 0 Å². The van der Waals surface area contributed by atoms with Crippen molar-refractivity contribution in [3.8, 4) is 0 Å². The maximum atomic E-state index is 12.4. The van der Waals surface area contributed by atoms with E-state index in [1.807, 2.05) is 13.0 Å². The van der Waals surface area contributed by atoms with Crippen LogP contribution in [0.15, 0.2) is 34.2 Å². The SMILES string of the molecule is CCCC(O)(CCC)CNC(=NCc1cccc(S(=O)(=O)NCCOC)c1)NCC.I. The number of methoxy groups -OCH3 is 1. The van der Waals surface area contributed by atoms with E-state index >= 15 is 0 Å². The Hall–Kier alpha value is -0.950. The standard InChI is InChI=1S/C21H38N4O4S.HI/c1-5-11-21(26,12-6-2)17-24-20(22-7-3)23-16-18-9-8-10-19(15-18)30(27,28)25-13-14-29-4;/h8-10,15,25-26H,5-7,11-14,16-17H2,1-4H3,(H2,22,23,24);1H. The molecule has 0 aliphatic heterocycles. The van der Waals surface area contributed by atoms with Crippen LogP contribution in [-0.2, 0) is 21.3 Å². The molecule has 180 valence electrons. The molecule has 8 nitrogen and oxygen atoms in total. The molecule has 0 spiro atoms. The van der Waals surface area contributed by atoms with Gasteiger partial charge in [-0.05, 0) is 37.5 Å². The molecular formula is C21H39IN4O4S. The number of hydrogen-bond donors (Lipinski definition) is 4. The van der Waals surface area contributed by atoms with Crippen LogP contribution >= 0.6 is 24.0 Å². The van der Waals surface area contributed by atoms with Gasteiger partial charge >= 0.3 is 0 Å². The Morgan fingerprint density at radius 1 is 1.16 bits per heavy atom. The molecule has 0 unspecified atom stereocenters. The normalized spacial score (nSPS) is 12.4. The van der Waals surface area contributed by atoms with Gasteiger partial charge in [0, 0.05) is 26.7 Å². The summed E-state index contributed by atoms with van der Waals surface area (Å²) < 4.78 is 32.2. The molecule has 0 amide bonds. The topological polar surface area (TPSA) is 112 Å². The highest BCUT2D eigenvalue weighted by Crippen LogP contribution is 2.18. The van der Waals surface area contributed by atoms with Crippen LogP contribution in [0.4, 0.5) is 0 Å². The largest absolute Gasteiger partial charge is 0.388 e. The van der Waals surface area contributed by atoms with Gasteiger partial charge < -0.3 is 20.5 Å². The molecule has 0 aliphatic rings. The van der Waals surface area contributed by atoms with Gasteiger partial charge in [0.1, 0.15) is 0 Å². The third-order valence-electron chi connectivity index (χ3n) is 4.59. The zero-order valence-corrected chi connectivity index (χ0v) is 22.3. The monoisotopic (exact) mass is 570 g/mol. The second-order valence-electron chi connectivity index (χ2n) is 7.31. The average Bonchev–Trinajstić information content (AvgIpc) is 2.71. The van der Waals surface area contributed by atoms with Crippen molar-refractivity contribution in [3.63, 3.8) is 0 Å². The number of nitrogens with zero attached hydrogens (tertiary/aromatic N) is 1. The van der Waals surface area contributed by atoms with Crippen LogP contribution in [0.1, 0.15) is 52.0 Å². The fraction of sp³-hybridized carbons (Fsp3) is 0.667. The third kappa shape index (κ3) is 11.5. The number of guanidine groups is 1. The van der Waals surface area contributed by atoms with Crippen LogP contribution in [0.25, 0.3) is 0 Å². The summed E-state index contributed by atoms with van der Waals surface area (Å²) in [6, 6.07) is 6.72. The van der Waals surface area contributed by atoms with Gasteiger partial charge in [0.15, 0.2) is 5.96 Å². The Morgan fingerprint density at radius 3 is 2.42 bits per heavy atom. The highest BCUT2D eigenvalue weighted by molar-refractivity contribution is 14.0. The van der Waals surface area contributed by atoms with Gasteiger partial charge in [-0.3, -0.25) is 0 Å². The van der Waals surface area contributed by atoms with Gasteiger partial charge in [-0.2, -0.15) is 0 Å². The Balaban J connectivity index is 0.00000900. The molecule has 0 aromatic heterocycles. The lowest BCUT2D eigenvalue weighted by Gasteiger charge is -2.28. The summed E-state index contributed by atoms with van der Waals surface area (Å²) in [6.45, 7) is 8.03. The van der Waals surface area contributed by atoms with E-state index in [-0.39, 0.29) is 35.4 Å². The molecular weight excluding hydrogens is 531 g/mol. The summed E-state index contributed by atoms with van der Waals surface area (Å²) in [7, 11) is -2.07. The summed E-state index contributed by atoms with van der Waals surface area (Å²) in [4.78, 5) is 4.75. The Kier molecular flexibility index (Phi) is 15.3. The predicted molar refractivity (Wildman–Crippen MR) is 137 cm³/mol. The number of sulfonamides is 1. The number of halogens is 1. The molecule has 0 fully saturated rings. The summed E-state index contributed by atoms with van der Waals surface area (Å²) in [5.41, 5.74) is 0.0147. The first-order valence-corrected chi connectivity index (χ1v) is 12.1. The number of aliphatic hydroxyl groups is 1. The molecule has 4 N–H and O–H groups in total. The lowest BCUT2D eigenvalue weighted by molar-refractivity contribution is 0.0257. The first-order valence-electron chi connectivity index (χ1n) is 10.6. The number of rotatable bonds is 14. The molecule has 0 bridgehead atoms. The first-order chi connectivity index (χ1) is 14.3. The number of hydrogen-bond acceptors (Lipinski definition) is 5. The lowest BCUT2D eigenvalue weighted by atomic mass is 9.93. The fourth-order valence-corrected chi connectivity index (χ4v) is 4.25. The van der Waals surface area contributed by atoms with Crippen molar-refractivity contribution < 1.29 is 18.3 Å². The summed E-state index contributed by atoms with van der Waals surface area (Å²) >= 11 is 0. The third-order valence-corrected chi connectivity index (χ3v) is 6.05. The Bertz CT molecular complexity index is 754. The van der Waals surface area contributed by atoms with E-state index in [4.69, 9.17) is 4.74 Å². The molecule has 0 atom stereocenters. The first kappa shape index (κ1) is 30.0. The van der Waals surface area contributed by atoms with Crippen molar-refractivity contribution in [2.24, 2.45) is 4.99 Å². The molecule has 1 rings (SSSR count). The van der Waals surface area contributed by atoms with Gasteiger partial charge in [-0.1, -0.05) is 38.8 Å². The molecule has 1 aromatic rings. The van der Waals surface area contributed by atoms with Crippen molar-refractivity contribution in [1.82, 2.24) is 15.4 Å². The molecule has 10 heteroatoms. The summed E-state index contributed by atoms with van der Waals surface area (Å²) in [5, 5.41) is 17.2. The van der Waals surface area contributed by atoms with Crippen LogP contribution in [-0.4, -0.2) is 58.4 Å². The zero-order valence-electron chi connectivity index (χ0n) is 19.1. The van der Waals surface area contributed by atoms with Crippen LogP contribution in [0.5, 0.6) is 0 Å². The summed E-state index contributed by atoms with van der Waals surface area (Å²) in [6.07, 6.45) is 3.27. The average molecular weight is 571 g/mol. The van der Waals surface area contributed by atoms with Crippen LogP contribution in [0.3, 0.4) is 0 Å². The van der Waals surface area contributed by atoms with E-state index in [0.29, 0.717) is 32.2 Å². The van der Waals surface area contributed by atoms with Crippen LogP contribution < -0.4 is 15.4 Å². The number of aliphatic imine (C=N–C) groups is 1. The fourth-order valence-electron chi connectivity index (χ4n) is 3.17. The molecule has 0 saturated carbocycles. The van der Waals surface area contributed by atoms with E-state index in [1.54, 1.807) is 18.2 Å². The van der Waals surface area contributed by atoms with Gasteiger partial charge in [-0.15, -0.1) is 24.0 Å². The molecule has 31 heavy (non-hydrogen) atoms. The van der Waals surface area contributed by atoms with Gasteiger partial charge in [0.05, 0.1) is 23.6 Å². The minimum Gasteiger partial charge on any atom is -0.388 e. The van der Waals surface area contributed by atoms with E-state index in [9.17, 15) is 13.5 Å².